The fraction of sp³-hybridized carbons (Fsp3) is 0.458. The van der Waals surface area contributed by atoms with Crippen molar-refractivity contribution in [3.63, 3.8) is 0 Å². The maximum absolute atomic E-state index is 13.4. The number of benzene rings is 2. The number of rotatable bonds is 5. The van der Waals surface area contributed by atoms with E-state index < -0.39 is 0 Å². The van der Waals surface area contributed by atoms with Gasteiger partial charge in [-0.05, 0) is 69.2 Å². The Hall–Kier alpha value is -2.33. The molecule has 4 nitrogen and oxygen atoms in total. The number of anilines is 2. The Bertz CT molecular complexity index is 926. The number of hydrogen-bond donors (Lipinski definition) is 2. The fourth-order valence-electron chi connectivity index (χ4n) is 5.62. The second-order valence-corrected chi connectivity index (χ2v) is 9.12. The lowest BCUT2D eigenvalue weighted by molar-refractivity contribution is -0.140. The standard InChI is InChI=1S/C24H28N2O2/c1-17-8-3-4-9-18(17)14-25-19-10-5-6-11-20(19)26-21(27)23-15-22(2,16-23)28-24(23)12-7-13-24/h3-6,8-11,25H,7,12-16H2,1-2H3,(H,26,27). The number of nitrogens with one attached hydrogen (secondary N) is 2. The van der Waals surface area contributed by atoms with Crippen LogP contribution in [0, 0.1) is 12.3 Å². The first kappa shape index (κ1) is 17.7. The molecule has 2 bridgehead atoms. The molecule has 2 saturated carbocycles. The van der Waals surface area contributed by atoms with Gasteiger partial charge in [0.1, 0.15) is 0 Å². The molecule has 2 saturated heterocycles. The van der Waals surface area contributed by atoms with E-state index in [0.717, 1.165) is 43.6 Å². The average molecular weight is 377 g/mol. The third-order valence-corrected chi connectivity index (χ3v) is 7.17. The van der Waals surface area contributed by atoms with E-state index in [-0.39, 0.29) is 22.5 Å². The second-order valence-electron chi connectivity index (χ2n) is 9.12. The molecule has 1 spiro atoms. The van der Waals surface area contributed by atoms with E-state index in [9.17, 15) is 4.79 Å². The third-order valence-electron chi connectivity index (χ3n) is 7.17. The van der Waals surface area contributed by atoms with E-state index in [1.807, 2.05) is 24.3 Å². The van der Waals surface area contributed by atoms with E-state index in [0.29, 0.717) is 0 Å². The molecule has 2 aromatic rings. The maximum atomic E-state index is 13.4. The first-order valence-electron chi connectivity index (χ1n) is 10.3. The maximum Gasteiger partial charge on any atom is 0.233 e. The van der Waals surface area contributed by atoms with Crippen LogP contribution in [-0.2, 0) is 16.1 Å². The molecular weight excluding hydrogens is 348 g/mol. The van der Waals surface area contributed by atoms with Crippen LogP contribution in [-0.4, -0.2) is 17.1 Å². The van der Waals surface area contributed by atoms with Gasteiger partial charge in [0.25, 0.3) is 0 Å². The Balaban J connectivity index is 1.34. The molecule has 2 N–H and O–H groups in total. The zero-order valence-electron chi connectivity index (χ0n) is 16.7. The average Bonchev–Trinajstić information content (AvgIpc) is 3.07. The fourth-order valence-corrected chi connectivity index (χ4v) is 5.62. The van der Waals surface area contributed by atoms with Gasteiger partial charge in [-0.15, -0.1) is 0 Å². The van der Waals surface area contributed by atoms with E-state index >= 15 is 0 Å². The van der Waals surface area contributed by atoms with Crippen molar-refractivity contribution in [1.29, 1.82) is 0 Å². The summed E-state index contributed by atoms with van der Waals surface area (Å²) in [5.41, 5.74) is 3.68. The zero-order chi connectivity index (χ0) is 19.4. The SMILES string of the molecule is Cc1ccccc1CNc1ccccc1NC(=O)C12CC(C)(C1)OC21CCC1. The minimum Gasteiger partial charge on any atom is -0.379 e. The number of ether oxygens (including phenoxy) is 1. The molecule has 146 valence electrons. The van der Waals surface area contributed by atoms with Crippen molar-refractivity contribution in [2.24, 2.45) is 5.41 Å². The lowest BCUT2D eigenvalue weighted by Crippen LogP contribution is -2.58. The van der Waals surface area contributed by atoms with Crippen molar-refractivity contribution >= 4 is 17.3 Å². The van der Waals surface area contributed by atoms with E-state index in [1.54, 1.807) is 0 Å². The van der Waals surface area contributed by atoms with Gasteiger partial charge in [-0.25, -0.2) is 0 Å². The molecule has 4 heteroatoms. The summed E-state index contributed by atoms with van der Waals surface area (Å²) in [7, 11) is 0. The van der Waals surface area contributed by atoms with Gasteiger partial charge in [-0.3, -0.25) is 4.79 Å². The van der Waals surface area contributed by atoms with E-state index in [1.165, 1.54) is 17.5 Å². The zero-order valence-corrected chi connectivity index (χ0v) is 16.7. The van der Waals surface area contributed by atoms with Crippen LogP contribution in [0.5, 0.6) is 0 Å². The predicted octanol–water partition coefficient (Wildman–Crippen LogP) is 5.04. The summed E-state index contributed by atoms with van der Waals surface area (Å²) < 4.78 is 6.38. The van der Waals surface area contributed by atoms with Crippen molar-refractivity contribution < 1.29 is 9.53 Å². The van der Waals surface area contributed by atoms with Gasteiger partial charge < -0.3 is 15.4 Å². The molecule has 0 atom stereocenters. The lowest BCUT2D eigenvalue weighted by Gasteiger charge is -2.49. The molecule has 28 heavy (non-hydrogen) atoms. The van der Waals surface area contributed by atoms with Crippen LogP contribution in [0.3, 0.4) is 0 Å². The van der Waals surface area contributed by atoms with Gasteiger partial charge in [0.05, 0.1) is 28.0 Å². The van der Waals surface area contributed by atoms with Crippen LogP contribution in [0.1, 0.15) is 50.2 Å². The summed E-state index contributed by atoms with van der Waals surface area (Å²) in [6, 6.07) is 16.4. The van der Waals surface area contributed by atoms with Crippen molar-refractivity contribution in [1.82, 2.24) is 0 Å². The highest BCUT2D eigenvalue weighted by Gasteiger charge is 2.77. The molecule has 2 aliphatic heterocycles. The predicted molar refractivity (Wildman–Crippen MR) is 111 cm³/mol. The third kappa shape index (κ3) is 2.51. The highest BCUT2D eigenvalue weighted by molar-refractivity contribution is 6.00. The molecule has 2 aromatic carbocycles. The monoisotopic (exact) mass is 376 g/mol. The topological polar surface area (TPSA) is 50.4 Å². The first-order chi connectivity index (χ1) is 13.5. The summed E-state index contributed by atoms with van der Waals surface area (Å²) in [5.74, 6) is 0.132. The number of aryl methyl sites for hydroxylation is 1. The van der Waals surface area contributed by atoms with Gasteiger partial charge in [-0.1, -0.05) is 36.4 Å². The Kier molecular flexibility index (Phi) is 3.86. The molecular formula is C24H28N2O2. The van der Waals surface area contributed by atoms with Gasteiger partial charge in [0.2, 0.25) is 5.91 Å². The highest BCUT2D eigenvalue weighted by atomic mass is 16.5. The largest absolute Gasteiger partial charge is 0.379 e. The van der Waals surface area contributed by atoms with E-state index in [4.69, 9.17) is 4.74 Å². The summed E-state index contributed by atoms with van der Waals surface area (Å²) in [5, 5.41) is 6.74. The number of hydrogen-bond acceptors (Lipinski definition) is 3. The summed E-state index contributed by atoms with van der Waals surface area (Å²) >= 11 is 0. The van der Waals surface area contributed by atoms with E-state index in [2.05, 4.69) is 48.7 Å². The van der Waals surface area contributed by atoms with Crippen LogP contribution in [0.25, 0.3) is 0 Å². The van der Waals surface area contributed by atoms with Crippen molar-refractivity contribution in [3.05, 3.63) is 59.7 Å². The van der Waals surface area contributed by atoms with Crippen molar-refractivity contribution in [3.8, 4) is 0 Å². The second kappa shape index (κ2) is 6.08. The number of carbonyl (C=O) groups excluding carboxylic acids is 1. The Morgan fingerprint density at radius 1 is 1.04 bits per heavy atom. The van der Waals surface area contributed by atoms with Crippen LogP contribution >= 0.6 is 0 Å². The molecule has 6 rings (SSSR count). The molecule has 0 aromatic heterocycles. The Morgan fingerprint density at radius 3 is 2.39 bits per heavy atom. The summed E-state index contributed by atoms with van der Waals surface area (Å²) in [6.07, 6.45) is 4.90. The summed E-state index contributed by atoms with van der Waals surface area (Å²) in [6.45, 7) is 5.01. The number of carbonyl (C=O) groups is 1. The molecule has 2 aliphatic carbocycles. The molecule has 0 unspecified atom stereocenters. The Morgan fingerprint density at radius 2 is 1.71 bits per heavy atom. The number of para-hydroxylation sites is 2. The van der Waals surface area contributed by atoms with Gasteiger partial charge >= 0.3 is 0 Å². The van der Waals surface area contributed by atoms with Crippen LogP contribution in [0.15, 0.2) is 48.5 Å². The number of amides is 1. The minimum atomic E-state index is -0.344. The smallest absolute Gasteiger partial charge is 0.233 e. The Labute approximate surface area is 166 Å². The molecule has 2 heterocycles. The van der Waals surface area contributed by atoms with Crippen LogP contribution in [0.4, 0.5) is 11.4 Å². The molecule has 0 radical (unpaired) electrons. The van der Waals surface area contributed by atoms with Crippen LogP contribution in [0.2, 0.25) is 0 Å². The van der Waals surface area contributed by atoms with Crippen LogP contribution < -0.4 is 10.6 Å². The van der Waals surface area contributed by atoms with Crippen molar-refractivity contribution in [2.45, 2.75) is 63.7 Å². The molecule has 1 amide bonds. The molecule has 4 fully saturated rings. The van der Waals surface area contributed by atoms with Gasteiger partial charge in [-0.2, -0.15) is 0 Å². The quantitative estimate of drug-likeness (QED) is 0.769. The normalized spacial score (nSPS) is 29.1. The minimum absolute atomic E-state index is 0.0969. The highest BCUT2D eigenvalue weighted by Crippen LogP contribution is 2.72. The van der Waals surface area contributed by atoms with Crippen molar-refractivity contribution in [2.75, 3.05) is 10.6 Å². The summed E-state index contributed by atoms with van der Waals surface area (Å²) in [4.78, 5) is 13.4. The lowest BCUT2D eigenvalue weighted by atomic mass is 9.51. The van der Waals surface area contributed by atoms with Gasteiger partial charge in [0.15, 0.2) is 0 Å². The molecule has 4 aliphatic rings. The first-order valence-corrected chi connectivity index (χ1v) is 10.3. The van der Waals surface area contributed by atoms with Gasteiger partial charge in [0, 0.05) is 6.54 Å².